The average molecular weight is 607 g/mol. The number of carbonyl (C=O) groups is 1. The van der Waals surface area contributed by atoms with Gasteiger partial charge in [0.2, 0.25) is 9.04 Å². The largest absolute Gasteiger partial charge is 0.489 e. The zero-order valence-electron chi connectivity index (χ0n) is 26.0. The minimum absolute atomic E-state index is 0.310. The van der Waals surface area contributed by atoms with Crippen LogP contribution in [0.4, 0.5) is 0 Å². The zero-order valence-corrected chi connectivity index (χ0v) is 27.2. The van der Waals surface area contributed by atoms with Crippen LogP contribution >= 0.6 is 0 Å². The minimum atomic E-state index is -2.16. The van der Waals surface area contributed by atoms with Crippen molar-refractivity contribution in [1.29, 1.82) is 0 Å². The first kappa shape index (κ1) is 30.3. The van der Waals surface area contributed by atoms with Crippen molar-refractivity contribution < 1.29 is 14.0 Å². The molecule has 0 spiro atoms. The molecule has 3 nitrogen and oxygen atoms in total. The Hall–Kier alpha value is -4.77. The Balaban J connectivity index is 1.52. The number of aldehydes is 1. The molecule has 0 aliphatic heterocycles. The summed E-state index contributed by atoms with van der Waals surface area (Å²) in [6, 6.07) is 49.7. The van der Waals surface area contributed by atoms with Crippen LogP contribution in [-0.4, -0.2) is 15.3 Å². The highest BCUT2D eigenvalue weighted by molar-refractivity contribution is 6.80. The molecule has 4 heteroatoms. The van der Waals surface area contributed by atoms with Crippen LogP contribution in [-0.2, 0) is 11.0 Å². The van der Waals surface area contributed by atoms with Crippen LogP contribution in [0.5, 0.6) is 5.75 Å². The molecule has 6 aromatic carbocycles. The maximum atomic E-state index is 13.2. The Morgan fingerprint density at radius 2 is 1.24 bits per heavy atom. The van der Waals surface area contributed by atoms with Crippen molar-refractivity contribution in [2.45, 2.75) is 33.5 Å². The van der Waals surface area contributed by atoms with Gasteiger partial charge in [0.15, 0.2) is 6.29 Å². The number of fused-ring (bicyclic) bond motifs is 1. The van der Waals surface area contributed by atoms with Gasteiger partial charge in [-0.1, -0.05) is 148 Å². The van der Waals surface area contributed by atoms with Gasteiger partial charge in [-0.25, -0.2) is 0 Å². The molecular formula is C41H38O3Si. The van der Waals surface area contributed by atoms with E-state index in [1.165, 1.54) is 10.4 Å². The fourth-order valence-electron chi connectivity index (χ4n) is 6.00. The molecule has 1 atom stereocenters. The van der Waals surface area contributed by atoms with Gasteiger partial charge in [-0.3, -0.25) is 4.79 Å². The third-order valence-corrected chi connectivity index (χ3v) is 10.7. The number of carbonyl (C=O) groups excluding carboxylic acids is 1. The Kier molecular flexibility index (Phi) is 9.06. The fourth-order valence-corrected chi connectivity index (χ4v) is 8.67. The van der Waals surface area contributed by atoms with Crippen LogP contribution in [0.15, 0.2) is 146 Å². The molecule has 0 N–H and O–H groups in total. The topological polar surface area (TPSA) is 35.5 Å². The average Bonchev–Trinajstić information content (AvgIpc) is 3.08. The van der Waals surface area contributed by atoms with E-state index in [-0.39, 0.29) is 11.5 Å². The van der Waals surface area contributed by atoms with E-state index in [1.54, 1.807) is 0 Å². The van der Waals surface area contributed by atoms with E-state index in [4.69, 9.17) is 9.16 Å². The summed E-state index contributed by atoms with van der Waals surface area (Å²) in [6.45, 7) is 7.06. The van der Waals surface area contributed by atoms with Crippen molar-refractivity contribution in [3.63, 3.8) is 0 Å². The summed E-state index contributed by atoms with van der Waals surface area (Å²) in [7, 11) is -2.16. The molecule has 0 aliphatic rings. The van der Waals surface area contributed by atoms with E-state index >= 15 is 0 Å². The highest BCUT2D eigenvalue weighted by Crippen LogP contribution is 2.44. The Bertz CT molecular complexity index is 1830. The fraction of sp³-hybridized carbons (Fsp3) is 0.146. The molecule has 6 aromatic rings. The van der Waals surface area contributed by atoms with Gasteiger partial charge < -0.3 is 9.16 Å². The third kappa shape index (κ3) is 6.83. The Labute approximate surface area is 267 Å². The summed E-state index contributed by atoms with van der Waals surface area (Å²) >= 11 is 0. The lowest BCUT2D eigenvalue weighted by molar-refractivity contribution is 0.0880. The first-order valence-electron chi connectivity index (χ1n) is 15.5. The monoisotopic (exact) mass is 606 g/mol. The van der Waals surface area contributed by atoms with Crippen molar-refractivity contribution >= 4 is 36.5 Å². The maximum Gasteiger partial charge on any atom is 0.240 e. The molecule has 0 fully saturated rings. The summed E-state index contributed by atoms with van der Waals surface area (Å²) < 4.78 is 13.6. The standard InChI is InChI=1S/C41H38O3Si/c1-41(2,3)40(44-45(34-20-12-6-13-21-34)35-22-14-7-15-23-35)37-27-32-26-33(43-29-30-16-8-4-9-17-30)24-25-36(32)39(38(37)28-42)31-18-10-5-11-19-31/h4-28,40,45H,29H2,1-3H3. The molecule has 0 saturated carbocycles. The zero-order chi connectivity index (χ0) is 31.2. The molecule has 6 rings (SSSR count). The van der Waals surface area contributed by atoms with Crippen molar-refractivity contribution in [2.24, 2.45) is 5.41 Å². The highest BCUT2D eigenvalue weighted by atomic mass is 28.3. The molecule has 1 unspecified atom stereocenters. The van der Waals surface area contributed by atoms with E-state index in [0.717, 1.165) is 45.1 Å². The molecule has 0 bridgehead atoms. The molecule has 0 aliphatic carbocycles. The van der Waals surface area contributed by atoms with Crippen LogP contribution in [0, 0.1) is 5.41 Å². The normalized spacial score (nSPS) is 12.3. The number of benzene rings is 6. The van der Waals surface area contributed by atoms with Crippen LogP contribution in [0.25, 0.3) is 21.9 Å². The summed E-state index contributed by atoms with van der Waals surface area (Å²) in [5, 5.41) is 4.42. The first-order valence-corrected chi connectivity index (χ1v) is 17.1. The molecular weight excluding hydrogens is 569 g/mol. The van der Waals surface area contributed by atoms with Gasteiger partial charge in [-0.15, -0.1) is 0 Å². The predicted octanol–water partition coefficient (Wildman–Crippen LogP) is 8.54. The highest BCUT2D eigenvalue weighted by Gasteiger charge is 2.34. The Morgan fingerprint density at radius 1 is 0.689 bits per heavy atom. The lowest BCUT2D eigenvalue weighted by Crippen LogP contribution is -2.47. The minimum Gasteiger partial charge on any atom is -0.489 e. The number of hydrogen-bond acceptors (Lipinski definition) is 3. The van der Waals surface area contributed by atoms with Gasteiger partial charge in [0.1, 0.15) is 12.4 Å². The van der Waals surface area contributed by atoms with Crippen LogP contribution in [0.2, 0.25) is 0 Å². The quantitative estimate of drug-likeness (QED) is 0.116. The van der Waals surface area contributed by atoms with Gasteiger partial charge in [-0.2, -0.15) is 0 Å². The summed E-state index contributed by atoms with van der Waals surface area (Å²) in [5.74, 6) is 0.782. The molecule has 0 aromatic heterocycles. The predicted molar refractivity (Wildman–Crippen MR) is 188 cm³/mol. The summed E-state index contributed by atoms with van der Waals surface area (Å²) in [4.78, 5) is 13.2. The second kappa shape index (κ2) is 13.5. The smallest absolute Gasteiger partial charge is 0.240 e. The van der Waals surface area contributed by atoms with Crippen molar-refractivity contribution in [3.8, 4) is 16.9 Å². The molecule has 0 heterocycles. The number of hydrogen-bond donors (Lipinski definition) is 0. The van der Waals surface area contributed by atoms with E-state index in [1.807, 2.05) is 54.6 Å². The molecule has 0 amide bonds. The van der Waals surface area contributed by atoms with Gasteiger partial charge in [0.25, 0.3) is 0 Å². The van der Waals surface area contributed by atoms with Gasteiger partial charge in [-0.05, 0) is 61.5 Å². The number of rotatable bonds is 10. The second-order valence-corrected chi connectivity index (χ2v) is 14.8. The first-order chi connectivity index (χ1) is 21.9. The van der Waals surface area contributed by atoms with E-state index < -0.39 is 9.04 Å². The van der Waals surface area contributed by atoms with E-state index in [0.29, 0.717) is 12.2 Å². The summed E-state index contributed by atoms with van der Waals surface area (Å²) in [5.41, 5.74) is 4.28. The Morgan fingerprint density at radius 3 is 1.80 bits per heavy atom. The van der Waals surface area contributed by atoms with Crippen molar-refractivity contribution in [1.82, 2.24) is 0 Å². The second-order valence-electron chi connectivity index (χ2n) is 12.5. The third-order valence-electron chi connectivity index (χ3n) is 8.16. The van der Waals surface area contributed by atoms with Gasteiger partial charge in [0, 0.05) is 11.1 Å². The molecule has 0 saturated heterocycles. The SMILES string of the molecule is CC(C)(C)C(O[SiH](c1ccccc1)c1ccccc1)c1cc2cc(OCc3ccccc3)ccc2c(-c2ccccc2)c1C=O. The van der Waals surface area contributed by atoms with Crippen LogP contribution in [0.1, 0.15) is 48.4 Å². The van der Waals surface area contributed by atoms with E-state index in [9.17, 15) is 4.79 Å². The lowest BCUT2D eigenvalue weighted by Gasteiger charge is -2.36. The van der Waals surface area contributed by atoms with Crippen molar-refractivity contribution in [3.05, 3.63) is 162 Å². The maximum absolute atomic E-state index is 13.2. The molecule has 45 heavy (non-hydrogen) atoms. The number of ether oxygens (including phenoxy) is 1. The van der Waals surface area contributed by atoms with Crippen LogP contribution < -0.4 is 15.1 Å². The van der Waals surface area contributed by atoms with E-state index in [2.05, 4.69) is 112 Å². The molecule has 224 valence electrons. The van der Waals surface area contributed by atoms with Gasteiger partial charge >= 0.3 is 0 Å². The van der Waals surface area contributed by atoms with Crippen LogP contribution in [0.3, 0.4) is 0 Å². The lowest BCUT2D eigenvalue weighted by atomic mass is 9.80. The van der Waals surface area contributed by atoms with Gasteiger partial charge in [0.05, 0.1) is 6.10 Å². The summed E-state index contributed by atoms with van der Waals surface area (Å²) in [6.07, 6.45) is 0.663. The van der Waals surface area contributed by atoms with Crippen molar-refractivity contribution in [2.75, 3.05) is 0 Å². The molecule has 0 radical (unpaired) electrons.